The van der Waals surface area contributed by atoms with Gasteiger partial charge in [-0.15, -0.1) is 0 Å². The molecule has 0 heterocycles. The first-order valence-corrected chi connectivity index (χ1v) is 9.98. The van der Waals surface area contributed by atoms with Crippen LogP contribution in [0.4, 0.5) is 11.4 Å². The minimum absolute atomic E-state index is 0.184. The summed E-state index contributed by atoms with van der Waals surface area (Å²) in [4.78, 5) is 0. The number of anilines is 2. The molecular weight excluding hydrogens is 380 g/mol. The summed E-state index contributed by atoms with van der Waals surface area (Å²) in [6.07, 6.45) is -1.26. The van der Waals surface area contributed by atoms with Crippen molar-refractivity contribution < 1.29 is 19.7 Å². The van der Waals surface area contributed by atoms with E-state index in [9.17, 15) is 10.2 Å². The molecule has 4 N–H and O–H groups in total. The van der Waals surface area contributed by atoms with Gasteiger partial charge in [0.05, 0.1) is 0 Å². The third-order valence-electron chi connectivity index (χ3n) is 4.34. The highest BCUT2D eigenvalue weighted by atomic mass is 16.5. The van der Waals surface area contributed by atoms with Crippen molar-refractivity contribution in [1.82, 2.24) is 0 Å². The van der Waals surface area contributed by atoms with Gasteiger partial charge in [0, 0.05) is 24.5 Å². The molecule has 0 saturated heterocycles. The van der Waals surface area contributed by atoms with Crippen LogP contribution in [0, 0.1) is 0 Å². The van der Waals surface area contributed by atoms with E-state index in [-0.39, 0.29) is 13.2 Å². The van der Waals surface area contributed by atoms with E-state index in [2.05, 4.69) is 10.6 Å². The minimum Gasteiger partial charge on any atom is -0.491 e. The molecule has 0 aliphatic carbocycles. The number of aliphatic hydroxyl groups excluding tert-OH is 2. The van der Waals surface area contributed by atoms with E-state index < -0.39 is 12.2 Å². The van der Waals surface area contributed by atoms with E-state index in [1.807, 2.05) is 60.7 Å². The molecule has 3 rings (SSSR count). The summed E-state index contributed by atoms with van der Waals surface area (Å²) >= 11 is 0. The number of benzene rings is 3. The highest BCUT2D eigenvalue weighted by Crippen LogP contribution is 2.18. The van der Waals surface area contributed by atoms with E-state index in [0.29, 0.717) is 24.6 Å². The molecule has 0 radical (unpaired) electrons. The highest BCUT2D eigenvalue weighted by Gasteiger charge is 2.07. The summed E-state index contributed by atoms with van der Waals surface area (Å²) < 4.78 is 11.2. The third kappa shape index (κ3) is 7.66. The van der Waals surface area contributed by atoms with Gasteiger partial charge in [-0.05, 0) is 48.5 Å². The lowest BCUT2D eigenvalue weighted by molar-refractivity contribution is 0.115. The van der Waals surface area contributed by atoms with E-state index in [4.69, 9.17) is 9.47 Å². The topological polar surface area (TPSA) is 83.0 Å². The number of rotatable bonds is 12. The van der Waals surface area contributed by atoms with Crippen molar-refractivity contribution in [3.63, 3.8) is 0 Å². The molecule has 0 amide bonds. The first-order chi connectivity index (χ1) is 14.7. The molecule has 2 atom stereocenters. The molecule has 0 aliphatic rings. The van der Waals surface area contributed by atoms with Gasteiger partial charge in [0.15, 0.2) is 0 Å². The third-order valence-corrected chi connectivity index (χ3v) is 4.34. The molecule has 30 heavy (non-hydrogen) atoms. The maximum atomic E-state index is 10.1. The summed E-state index contributed by atoms with van der Waals surface area (Å²) in [5.74, 6) is 1.29. The van der Waals surface area contributed by atoms with Gasteiger partial charge in [-0.25, -0.2) is 0 Å². The Hall–Kier alpha value is -3.22. The monoisotopic (exact) mass is 408 g/mol. The molecule has 3 aromatic rings. The van der Waals surface area contributed by atoms with Crippen LogP contribution in [0.1, 0.15) is 0 Å². The van der Waals surface area contributed by atoms with Crippen LogP contribution in [0.5, 0.6) is 11.5 Å². The predicted molar refractivity (Wildman–Crippen MR) is 119 cm³/mol. The largest absolute Gasteiger partial charge is 0.491 e. The molecule has 3 aromatic carbocycles. The van der Waals surface area contributed by atoms with Gasteiger partial charge in [0.25, 0.3) is 0 Å². The number of aliphatic hydroxyl groups is 2. The summed E-state index contributed by atoms with van der Waals surface area (Å²) in [5, 5.41) is 26.4. The van der Waals surface area contributed by atoms with Gasteiger partial charge in [-0.3, -0.25) is 0 Å². The molecule has 6 nitrogen and oxygen atoms in total. The molecular formula is C24H28N2O4. The van der Waals surface area contributed by atoms with Crippen LogP contribution < -0.4 is 20.1 Å². The molecule has 158 valence electrons. The van der Waals surface area contributed by atoms with E-state index in [1.54, 1.807) is 24.3 Å². The Morgan fingerprint density at radius 2 is 0.933 bits per heavy atom. The molecule has 0 bridgehead atoms. The molecule has 0 fully saturated rings. The normalized spacial score (nSPS) is 12.6. The van der Waals surface area contributed by atoms with E-state index >= 15 is 0 Å². The van der Waals surface area contributed by atoms with Crippen molar-refractivity contribution in [2.24, 2.45) is 0 Å². The number of ether oxygens (including phenoxy) is 2. The highest BCUT2D eigenvalue weighted by molar-refractivity contribution is 5.43. The Balaban J connectivity index is 1.33. The maximum absolute atomic E-state index is 10.1. The number of nitrogens with one attached hydrogen (secondary N) is 2. The lowest BCUT2D eigenvalue weighted by Crippen LogP contribution is -2.26. The van der Waals surface area contributed by atoms with Crippen molar-refractivity contribution in [3.8, 4) is 11.5 Å². The first kappa shape index (κ1) is 21.5. The van der Waals surface area contributed by atoms with Crippen molar-refractivity contribution in [3.05, 3.63) is 84.9 Å². The van der Waals surface area contributed by atoms with Crippen molar-refractivity contribution >= 4 is 11.4 Å². The Morgan fingerprint density at radius 3 is 1.30 bits per heavy atom. The fourth-order valence-electron chi connectivity index (χ4n) is 2.72. The average molecular weight is 408 g/mol. The standard InChI is InChI=1S/C24H28N2O4/c27-21(15-25-19-7-3-1-4-8-19)17-29-23-11-13-24(14-12-23)30-18-22(28)16-26-20-9-5-2-6-10-20/h1-14,21-22,25-28H,15-18H2/t21-,22-/m1/s1. The molecule has 0 spiro atoms. The van der Waals surface area contributed by atoms with Crippen LogP contribution in [-0.2, 0) is 0 Å². The van der Waals surface area contributed by atoms with Crippen LogP contribution in [-0.4, -0.2) is 48.7 Å². The van der Waals surface area contributed by atoms with Crippen LogP contribution in [0.15, 0.2) is 84.9 Å². The van der Waals surface area contributed by atoms with Gasteiger partial charge in [0.2, 0.25) is 0 Å². The van der Waals surface area contributed by atoms with Crippen LogP contribution in [0.2, 0.25) is 0 Å². The second kappa shape index (κ2) is 11.7. The fraction of sp³-hybridized carbons (Fsp3) is 0.250. The quantitative estimate of drug-likeness (QED) is 0.368. The average Bonchev–Trinajstić information content (AvgIpc) is 2.80. The Bertz CT molecular complexity index is 772. The summed E-state index contributed by atoms with van der Waals surface area (Å²) in [6.45, 7) is 1.17. The van der Waals surface area contributed by atoms with Crippen LogP contribution in [0.3, 0.4) is 0 Å². The minimum atomic E-state index is -0.631. The second-order valence-electron chi connectivity index (χ2n) is 6.89. The van der Waals surface area contributed by atoms with E-state index in [1.165, 1.54) is 0 Å². The molecule has 6 heteroatoms. The lowest BCUT2D eigenvalue weighted by Gasteiger charge is -2.15. The fourth-order valence-corrected chi connectivity index (χ4v) is 2.72. The Kier molecular flexibility index (Phi) is 8.38. The Labute approximate surface area is 177 Å². The van der Waals surface area contributed by atoms with Gasteiger partial charge >= 0.3 is 0 Å². The number of hydrogen-bond acceptors (Lipinski definition) is 6. The zero-order chi connectivity index (χ0) is 21.0. The zero-order valence-corrected chi connectivity index (χ0v) is 16.8. The van der Waals surface area contributed by atoms with Crippen molar-refractivity contribution in [2.45, 2.75) is 12.2 Å². The number of para-hydroxylation sites is 2. The maximum Gasteiger partial charge on any atom is 0.119 e. The molecule has 0 saturated carbocycles. The van der Waals surface area contributed by atoms with Crippen LogP contribution in [0.25, 0.3) is 0 Å². The van der Waals surface area contributed by atoms with E-state index in [0.717, 1.165) is 11.4 Å². The summed E-state index contributed by atoms with van der Waals surface area (Å²) in [5.41, 5.74) is 1.92. The molecule has 0 aromatic heterocycles. The van der Waals surface area contributed by atoms with Gasteiger partial charge in [-0.2, -0.15) is 0 Å². The van der Waals surface area contributed by atoms with Crippen molar-refractivity contribution in [1.29, 1.82) is 0 Å². The lowest BCUT2D eigenvalue weighted by atomic mass is 10.3. The molecule has 0 aliphatic heterocycles. The second-order valence-corrected chi connectivity index (χ2v) is 6.89. The van der Waals surface area contributed by atoms with Gasteiger partial charge < -0.3 is 30.3 Å². The van der Waals surface area contributed by atoms with Gasteiger partial charge in [0.1, 0.15) is 36.9 Å². The van der Waals surface area contributed by atoms with Crippen molar-refractivity contribution in [2.75, 3.05) is 36.9 Å². The number of hydrogen-bond donors (Lipinski definition) is 4. The molecule has 0 unspecified atom stereocenters. The predicted octanol–water partition coefficient (Wildman–Crippen LogP) is 3.39. The van der Waals surface area contributed by atoms with Gasteiger partial charge in [-0.1, -0.05) is 36.4 Å². The summed E-state index contributed by atoms with van der Waals surface area (Å²) in [6, 6.07) is 26.5. The smallest absolute Gasteiger partial charge is 0.119 e. The Morgan fingerprint density at radius 1 is 0.567 bits per heavy atom. The first-order valence-electron chi connectivity index (χ1n) is 9.98. The zero-order valence-electron chi connectivity index (χ0n) is 16.8. The SMILES string of the molecule is O[C@H](CNc1ccccc1)COc1ccc(OC[C@H](O)CNc2ccccc2)cc1. The summed E-state index contributed by atoms with van der Waals surface area (Å²) in [7, 11) is 0. The van der Waals surface area contributed by atoms with Crippen LogP contribution >= 0.6 is 0 Å².